The van der Waals surface area contributed by atoms with Gasteiger partial charge in [-0.15, -0.1) is 0 Å². The highest BCUT2D eigenvalue weighted by Crippen LogP contribution is 2.30. The maximum absolute atomic E-state index is 11.8. The quantitative estimate of drug-likeness (QED) is 0.828. The van der Waals surface area contributed by atoms with E-state index in [0.29, 0.717) is 6.04 Å². The fourth-order valence-corrected chi connectivity index (χ4v) is 2.59. The Hall–Kier alpha value is -1.35. The van der Waals surface area contributed by atoms with Crippen molar-refractivity contribution in [1.82, 2.24) is 5.32 Å². The van der Waals surface area contributed by atoms with Gasteiger partial charge in [0.05, 0.1) is 5.41 Å². The minimum atomic E-state index is -0.566. The molecule has 1 amide bonds. The van der Waals surface area contributed by atoms with Crippen molar-refractivity contribution in [3.8, 4) is 0 Å². The zero-order chi connectivity index (χ0) is 12.3. The third kappa shape index (κ3) is 2.50. The molecule has 1 saturated heterocycles. The van der Waals surface area contributed by atoms with Crippen LogP contribution in [0.1, 0.15) is 31.7 Å². The molecule has 0 spiro atoms. The second kappa shape index (κ2) is 4.88. The number of amides is 1. The number of hydrogen-bond acceptors (Lipinski definition) is 2. The monoisotopic (exact) mass is 232 g/mol. The van der Waals surface area contributed by atoms with Crippen molar-refractivity contribution < 1.29 is 4.79 Å². The summed E-state index contributed by atoms with van der Waals surface area (Å²) in [4.78, 5) is 11.8. The first-order valence-corrected chi connectivity index (χ1v) is 6.22. The zero-order valence-corrected chi connectivity index (χ0v) is 10.3. The van der Waals surface area contributed by atoms with Crippen LogP contribution in [0.25, 0.3) is 0 Å². The Labute approximate surface area is 102 Å². The molecule has 1 fully saturated rings. The predicted octanol–water partition coefficient (Wildman–Crippen LogP) is 1.57. The molecule has 3 N–H and O–H groups in total. The first kappa shape index (κ1) is 12.1. The largest absolute Gasteiger partial charge is 0.369 e. The van der Waals surface area contributed by atoms with Crippen LogP contribution in [0.2, 0.25) is 0 Å². The highest BCUT2D eigenvalue weighted by Gasteiger charge is 2.36. The lowest BCUT2D eigenvalue weighted by molar-refractivity contribution is -0.123. The van der Waals surface area contributed by atoms with E-state index in [9.17, 15) is 4.79 Å². The van der Waals surface area contributed by atoms with E-state index in [0.717, 1.165) is 24.9 Å². The SMILES string of the molecule is CC(CC1CCCN1)(C(N)=O)c1ccccc1. The lowest BCUT2D eigenvalue weighted by Gasteiger charge is -2.29. The summed E-state index contributed by atoms with van der Waals surface area (Å²) in [7, 11) is 0. The highest BCUT2D eigenvalue weighted by molar-refractivity contribution is 5.86. The van der Waals surface area contributed by atoms with E-state index >= 15 is 0 Å². The van der Waals surface area contributed by atoms with Gasteiger partial charge in [-0.05, 0) is 38.3 Å². The third-order valence-electron chi connectivity index (χ3n) is 3.77. The molecule has 92 valence electrons. The highest BCUT2D eigenvalue weighted by atomic mass is 16.1. The van der Waals surface area contributed by atoms with Gasteiger partial charge in [0.15, 0.2) is 0 Å². The smallest absolute Gasteiger partial charge is 0.227 e. The third-order valence-corrected chi connectivity index (χ3v) is 3.77. The minimum Gasteiger partial charge on any atom is -0.369 e. The Morgan fingerprint density at radius 1 is 1.47 bits per heavy atom. The molecule has 2 atom stereocenters. The molecule has 2 unspecified atom stereocenters. The van der Waals surface area contributed by atoms with Crippen molar-refractivity contribution in [3.05, 3.63) is 35.9 Å². The van der Waals surface area contributed by atoms with Crippen molar-refractivity contribution in [1.29, 1.82) is 0 Å². The lowest BCUT2D eigenvalue weighted by Crippen LogP contribution is -2.43. The summed E-state index contributed by atoms with van der Waals surface area (Å²) in [6.07, 6.45) is 3.11. The molecule has 1 heterocycles. The molecular weight excluding hydrogens is 212 g/mol. The van der Waals surface area contributed by atoms with Crippen LogP contribution < -0.4 is 11.1 Å². The van der Waals surface area contributed by atoms with Crippen molar-refractivity contribution in [3.63, 3.8) is 0 Å². The summed E-state index contributed by atoms with van der Waals surface area (Å²) in [5.41, 5.74) is 6.06. The molecule has 1 aliphatic rings. The van der Waals surface area contributed by atoms with Crippen LogP contribution in [0, 0.1) is 0 Å². The number of carbonyl (C=O) groups excluding carboxylic acids is 1. The summed E-state index contributed by atoms with van der Waals surface area (Å²) < 4.78 is 0. The van der Waals surface area contributed by atoms with Crippen molar-refractivity contribution in [2.45, 2.75) is 37.6 Å². The van der Waals surface area contributed by atoms with Gasteiger partial charge in [0.25, 0.3) is 0 Å². The standard InChI is InChI=1S/C14H20N2O/c1-14(13(15)17,10-12-8-5-9-16-12)11-6-3-2-4-7-11/h2-4,6-7,12,16H,5,8-10H2,1H3,(H2,15,17). The van der Waals surface area contributed by atoms with Gasteiger partial charge >= 0.3 is 0 Å². The van der Waals surface area contributed by atoms with E-state index in [1.54, 1.807) is 0 Å². The van der Waals surface area contributed by atoms with E-state index in [1.807, 2.05) is 37.3 Å². The molecule has 3 nitrogen and oxygen atoms in total. The zero-order valence-electron chi connectivity index (χ0n) is 10.3. The van der Waals surface area contributed by atoms with Gasteiger partial charge in [0.2, 0.25) is 5.91 Å². The van der Waals surface area contributed by atoms with Crippen LogP contribution in [0.4, 0.5) is 0 Å². The maximum atomic E-state index is 11.8. The molecule has 0 saturated carbocycles. The molecule has 0 aromatic heterocycles. The number of primary amides is 1. The molecule has 3 heteroatoms. The Morgan fingerprint density at radius 3 is 2.71 bits per heavy atom. The van der Waals surface area contributed by atoms with Crippen LogP contribution in [-0.2, 0) is 10.2 Å². The number of benzene rings is 1. The Balaban J connectivity index is 2.23. The van der Waals surface area contributed by atoms with Gasteiger partial charge in [-0.3, -0.25) is 4.79 Å². The maximum Gasteiger partial charge on any atom is 0.227 e. The molecule has 1 aromatic rings. The minimum absolute atomic E-state index is 0.239. The van der Waals surface area contributed by atoms with E-state index in [2.05, 4.69) is 5.32 Å². The van der Waals surface area contributed by atoms with Crippen LogP contribution in [0.3, 0.4) is 0 Å². The number of rotatable bonds is 4. The topological polar surface area (TPSA) is 55.1 Å². The molecule has 1 aliphatic heterocycles. The number of carbonyl (C=O) groups is 1. The van der Waals surface area contributed by atoms with E-state index in [1.165, 1.54) is 6.42 Å². The normalized spacial score (nSPS) is 23.2. The van der Waals surface area contributed by atoms with E-state index in [4.69, 9.17) is 5.73 Å². The second-order valence-electron chi connectivity index (χ2n) is 5.06. The van der Waals surface area contributed by atoms with Crippen LogP contribution in [-0.4, -0.2) is 18.5 Å². The number of nitrogens with two attached hydrogens (primary N) is 1. The first-order valence-electron chi connectivity index (χ1n) is 6.22. The second-order valence-corrected chi connectivity index (χ2v) is 5.06. The van der Waals surface area contributed by atoms with Crippen LogP contribution >= 0.6 is 0 Å². The Kier molecular flexibility index (Phi) is 3.48. The lowest BCUT2D eigenvalue weighted by atomic mass is 9.76. The number of hydrogen-bond donors (Lipinski definition) is 2. The van der Waals surface area contributed by atoms with Gasteiger partial charge < -0.3 is 11.1 Å². The van der Waals surface area contributed by atoms with Gasteiger partial charge in [0.1, 0.15) is 0 Å². The average Bonchev–Trinajstić information content (AvgIpc) is 2.82. The van der Waals surface area contributed by atoms with E-state index < -0.39 is 5.41 Å². The van der Waals surface area contributed by atoms with Crippen molar-refractivity contribution >= 4 is 5.91 Å². The fraction of sp³-hybridized carbons (Fsp3) is 0.500. The van der Waals surface area contributed by atoms with Crippen LogP contribution in [0.5, 0.6) is 0 Å². The molecule has 2 rings (SSSR count). The van der Waals surface area contributed by atoms with Crippen molar-refractivity contribution in [2.24, 2.45) is 5.73 Å². The molecule has 1 aromatic carbocycles. The van der Waals surface area contributed by atoms with Gasteiger partial charge in [-0.1, -0.05) is 30.3 Å². The van der Waals surface area contributed by atoms with E-state index in [-0.39, 0.29) is 5.91 Å². The molecule has 0 aliphatic carbocycles. The summed E-state index contributed by atoms with van der Waals surface area (Å²) in [5, 5.41) is 3.43. The predicted molar refractivity (Wildman–Crippen MR) is 68.6 cm³/mol. The van der Waals surface area contributed by atoms with Crippen molar-refractivity contribution in [2.75, 3.05) is 6.54 Å². The molecular formula is C14H20N2O. The fourth-order valence-electron chi connectivity index (χ4n) is 2.59. The van der Waals surface area contributed by atoms with Gasteiger partial charge in [-0.2, -0.15) is 0 Å². The molecule has 0 radical (unpaired) electrons. The summed E-state index contributed by atoms with van der Waals surface area (Å²) >= 11 is 0. The average molecular weight is 232 g/mol. The number of nitrogens with one attached hydrogen (secondary N) is 1. The first-order chi connectivity index (χ1) is 8.13. The van der Waals surface area contributed by atoms with Crippen LogP contribution in [0.15, 0.2) is 30.3 Å². The molecule has 17 heavy (non-hydrogen) atoms. The van der Waals surface area contributed by atoms with Gasteiger partial charge in [0, 0.05) is 6.04 Å². The Bertz CT molecular complexity index is 384. The van der Waals surface area contributed by atoms with Gasteiger partial charge in [-0.25, -0.2) is 0 Å². The summed E-state index contributed by atoms with van der Waals surface area (Å²) in [6.45, 7) is 3.00. The Morgan fingerprint density at radius 2 is 2.18 bits per heavy atom. The summed E-state index contributed by atoms with van der Waals surface area (Å²) in [5.74, 6) is -0.239. The summed E-state index contributed by atoms with van der Waals surface area (Å²) in [6, 6.07) is 10.3. The molecule has 0 bridgehead atoms.